The first-order valence-electron chi connectivity index (χ1n) is 2.31. The van der Waals surface area contributed by atoms with Crippen molar-refractivity contribution in [3.63, 3.8) is 0 Å². The molecule has 0 spiro atoms. The summed E-state index contributed by atoms with van der Waals surface area (Å²) in [5, 5.41) is 1.41. The summed E-state index contributed by atoms with van der Waals surface area (Å²) >= 11 is 0. The largest absolute Gasteiger partial charge is 0.0985 e. The lowest BCUT2D eigenvalue weighted by atomic mass is 10.6. The minimum absolute atomic E-state index is 0.814. The van der Waals surface area contributed by atoms with Crippen LogP contribution in [0.15, 0.2) is 23.8 Å². The highest BCUT2D eigenvalue weighted by Crippen LogP contribution is 2.21. The molecule has 1 unspecified atom stereocenters. The average Bonchev–Trinajstić information content (AvgIpc) is 1.68. The second-order valence-corrected chi connectivity index (χ2v) is 2.81. The Kier molecular flexibility index (Phi) is 4.03. The Labute approximate surface area is 47.1 Å². The number of allylic oxidation sites excluding steroid dienone is 2. The zero-order chi connectivity index (χ0) is 5.70. The highest BCUT2D eigenvalue weighted by atomic mass is 31.1. The molecule has 40 valence electrons. The second kappa shape index (κ2) is 4.08. The zero-order valence-electron chi connectivity index (χ0n) is 4.86. The summed E-state index contributed by atoms with van der Waals surface area (Å²) in [6.07, 6.45) is 2.11. The predicted octanol–water partition coefficient (Wildman–Crippen LogP) is 2.73. The van der Waals surface area contributed by atoms with Crippen molar-refractivity contribution in [2.24, 2.45) is 0 Å². The zero-order valence-corrected chi connectivity index (χ0v) is 5.86. The van der Waals surface area contributed by atoms with Gasteiger partial charge in [0, 0.05) is 0 Å². The second-order valence-electron chi connectivity index (χ2n) is 1.32. The molecule has 0 nitrogen and oxygen atoms in total. The first-order valence-corrected chi connectivity index (χ1v) is 3.39. The molecule has 0 bridgehead atoms. The quantitative estimate of drug-likeness (QED) is 0.484. The summed E-state index contributed by atoms with van der Waals surface area (Å²) in [5.74, 6) is 1.94. The van der Waals surface area contributed by atoms with Crippen molar-refractivity contribution in [1.82, 2.24) is 0 Å². The third-order valence-electron chi connectivity index (χ3n) is 0.763. The average molecular weight is 114 g/mol. The first kappa shape index (κ1) is 6.91. The van der Waals surface area contributed by atoms with E-state index in [-0.39, 0.29) is 0 Å². The summed E-state index contributed by atoms with van der Waals surface area (Å²) < 4.78 is 0. The lowest BCUT2D eigenvalue weighted by molar-refractivity contribution is 1.59. The number of rotatable bonds is 2. The van der Waals surface area contributed by atoms with Crippen molar-refractivity contribution in [3.8, 4) is 0 Å². The minimum atomic E-state index is 0.814. The van der Waals surface area contributed by atoms with E-state index in [1.165, 1.54) is 5.31 Å². The molecule has 0 aromatic heterocycles. The third kappa shape index (κ3) is 3.75. The maximum absolute atomic E-state index is 3.62. The van der Waals surface area contributed by atoms with Gasteiger partial charge in [-0.3, -0.25) is 0 Å². The Morgan fingerprint density at radius 1 is 1.71 bits per heavy atom. The van der Waals surface area contributed by atoms with Gasteiger partial charge in [-0.25, -0.2) is 0 Å². The Bertz CT molecular complexity index is 82.2. The van der Waals surface area contributed by atoms with Crippen molar-refractivity contribution in [2.75, 3.05) is 0 Å². The molecule has 0 radical (unpaired) electrons. The van der Waals surface area contributed by atoms with Gasteiger partial charge in [0.05, 0.1) is 0 Å². The van der Waals surface area contributed by atoms with Gasteiger partial charge in [-0.05, 0) is 13.8 Å². The Balaban J connectivity index is 3.36. The molecule has 0 aliphatic rings. The fourth-order valence-electron chi connectivity index (χ4n) is 0.244. The highest BCUT2D eigenvalue weighted by molar-refractivity contribution is 7.46. The van der Waals surface area contributed by atoms with Gasteiger partial charge in [0.1, 0.15) is 0 Å². The molecule has 0 aliphatic heterocycles. The lowest BCUT2D eigenvalue weighted by Gasteiger charge is -1.87. The van der Waals surface area contributed by atoms with Crippen LogP contribution in [0, 0.1) is 0 Å². The monoisotopic (exact) mass is 114 g/mol. The van der Waals surface area contributed by atoms with Crippen LogP contribution < -0.4 is 0 Å². The van der Waals surface area contributed by atoms with Crippen molar-refractivity contribution in [1.29, 1.82) is 0 Å². The van der Waals surface area contributed by atoms with Gasteiger partial charge in [-0.15, -0.1) is 0 Å². The van der Waals surface area contributed by atoms with Crippen molar-refractivity contribution >= 4 is 8.58 Å². The molecule has 0 fully saturated rings. The molecule has 0 aliphatic carbocycles. The highest BCUT2D eigenvalue weighted by Gasteiger charge is 1.75. The van der Waals surface area contributed by atoms with Crippen LogP contribution >= 0.6 is 8.58 Å². The van der Waals surface area contributed by atoms with E-state index in [0.29, 0.717) is 0 Å². The SMILES string of the molecule is C=CP/C(C)=C\C. The van der Waals surface area contributed by atoms with Crippen LogP contribution in [0.3, 0.4) is 0 Å². The maximum Gasteiger partial charge on any atom is -0.0396 e. The molecular formula is C6H11P. The molecule has 0 amide bonds. The fraction of sp³-hybridized carbons (Fsp3) is 0.333. The summed E-state index contributed by atoms with van der Waals surface area (Å²) in [4.78, 5) is 0. The smallest absolute Gasteiger partial charge is 0.0396 e. The fourth-order valence-corrected chi connectivity index (χ4v) is 0.733. The van der Waals surface area contributed by atoms with Crippen LogP contribution in [0.2, 0.25) is 0 Å². The molecule has 1 atom stereocenters. The molecule has 0 heterocycles. The summed E-state index contributed by atoms with van der Waals surface area (Å²) in [6, 6.07) is 0. The number of hydrogen-bond acceptors (Lipinski definition) is 0. The molecule has 0 saturated carbocycles. The molecule has 0 aromatic carbocycles. The van der Waals surface area contributed by atoms with E-state index in [0.717, 1.165) is 8.58 Å². The lowest BCUT2D eigenvalue weighted by Crippen LogP contribution is -1.52. The van der Waals surface area contributed by atoms with Gasteiger partial charge >= 0.3 is 0 Å². The molecule has 7 heavy (non-hydrogen) atoms. The van der Waals surface area contributed by atoms with E-state index in [1.807, 2.05) is 12.7 Å². The van der Waals surface area contributed by atoms with E-state index < -0.39 is 0 Å². The van der Waals surface area contributed by atoms with Gasteiger partial charge in [0.25, 0.3) is 0 Å². The molecule has 0 saturated heterocycles. The summed E-state index contributed by atoms with van der Waals surface area (Å²) in [5.41, 5.74) is 0. The van der Waals surface area contributed by atoms with Crippen LogP contribution in [-0.2, 0) is 0 Å². The van der Waals surface area contributed by atoms with Gasteiger partial charge < -0.3 is 0 Å². The van der Waals surface area contributed by atoms with Gasteiger partial charge in [-0.1, -0.05) is 32.4 Å². The van der Waals surface area contributed by atoms with Crippen LogP contribution in [0.5, 0.6) is 0 Å². The van der Waals surface area contributed by atoms with Crippen LogP contribution in [0.4, 0.5) is 0 Å². The molecule has 1 heteroatoms. The summed E-state index contributed by atoms with van der Waals surface area (Å²) in [6.45, 7) is 7.78. The van der Waals surface area contributed by atoms with Gasteiger partial charge in [-0.2, -0.15) is 0 Å². The standard InChI is InChI=1S/C6H11P/c1-4-6(3)7-5-2/h4-5,7H,2H2,1,3H3/b6-4-. The van der Waals surface area contributed by atoms with E-state index in [2.05, 4.69) is 19.6 Å². The third-order valence-corrected chi connectivity index (χ3v) is 1.71. The summed E-state index contributed by atoms with van der Waals surface area (Å²) in [7, 11) is 0.814. The Hall–Kier alpha value is -0.0900. The van der Waals surface area contributed by atoms with E-state index in [9.17, 15) is 0 Å². The molecular weight excluding hydrogens is 103 g/mol. The first-order chi connectivity index (χ1) is 3.31. The van der Waals surface area contributed by atoms with Crippen LogP contribution in [0.1, 0.15) is 13.8 Å². The molecule has 0 aromatic rings. The van der Waals surface area contributed by atoms with Crippen LogP contribution in [-0.4, -0.2) is 0 Å². The van der Waals surface area contributed by atoms with Gasteiger partial charge in [0.15, 0.2) is 0 Å². The topological polar surface area (TPSA) is 0 Å². The predicted molar refractivity (Wildman–Crippen MR) is 37.9 cm³/mol. The molecule has 0 N–H and O–H groups in total. The Morgan fingerprint density at radius 2 is 2.29 bits per heavy atom. The normalized spacial score (nSPS) is 13.1. The number of hydrogen-bond donors (Lipinski definition) is 0. The van der Waals surface area contributed by atoms with E-state index in [4.69, 9.17) is 0 Å². The van der Waals surface area contributed by atoms with Gasteiger partial charge in [0.2, 0.25) is 0 Å². The van der Waals surface area contributed by atoms with E-state index >= 15 is 0 Å². The van der Waals surface area contributed by atoms with E-state index in [1.54, 1.807) is 0 Å². The van der Waals surface area contributed by atoms with Crippen molar-refractivity contribution in [3.05, 3.63) is 23.8 Å². The maximum atomic E-state index is 3.62. The molecule has 0 rings (SSSR count). The van der Waals surface area contributed by atoms with Crippen molar-refractivity contribution in [2.45, 2.75) is 13.8 Å². The minimum Gasteiger partial charge on any atom is -0.0985 e. The van der Waals surface area contributed by atoms with Crippen LogP contribution in [0.25, 0.3) is 0 Å². The van der Waals surface area contributed by atoms with Crippen molar-refractivity contribution < 1.29 is 0 Å². The Morgan fingerprint density at radius 3 is 2.43 bits per heavy atom.